The predicted molar refractivity (Wildman–Crippen MR) is 96.5 cm³/mol. The Morgan fingerprint density at radius 3 is 2.50 bits per heavy atom. The van der Waals surface area contributed by atoms with Gasteiger partial charge in [0.05, 0.1) is 13.7 Å². The molecule has 0 atom stereocenters. The topological polar surface area (TPSA) is 82.1 Å². The quantitative estimate of drug-likeness (QED) is 0.421. The van der Waals surface area contributed by atoms with Crippen molar-refractivity contribution < 1.29 is 28.9 Å². The SMILES string of the molecule is CCO/C(=C\c1cccc(OCC(=O)c2cccc(OC)c2)c1)C(=O)O. The number of carboxylic acid groups (broad SMARTS) is 1. The van der Waals surface area contributed by atoms with Gasteiger partial charge in [-0.15, -0.1) is 0 Å². The molecule has 0 saturated heterocycles. The lowest BCUT2D eigenvalue weighted by molar-refractivity contribution is -0.136. The number of benzene rings is 2. The minimum absolute atomic E-state index is 0.141. The Kier molecular flexibility index (Phi) is 6.79. The number of hydrogen-bond acceptors (Lipinski definition) is 5. The van der Waals surface area contributed by atoms with Crippen LogP contribution >= 0.6 is 0 Å². The highest BCUT2D eigenvalue weighted by Gasteiger charge is 2.10. The van der Waals surface area contributed by atoms with Gasteiger partial charge in [-0.05, 0) is 42.8 Å². The second-order valence-electron chi connectivity index (χ2n) is 5.26. The Labute approximate surface area is 151 Å². The molecule has 0 spiro atoms. The van der Waals surface area contributed by atoms with Crippen LogP contribution in [0.4, 0.5) is 0 Å². The van der Waals surface area contributed by atoms with Crippen molar-refractivity contribution in [3.8, 4) is 11.5 Å². The van der Waals surface area contributed by atoms with Crippen LogP contribution in [0, 0.1) is 0 Å². The zero-order chi connectivity index (χ0) is 18.9. The highest BCUT2D eigenvalue weighted by Crippen LogP contribution is 2.18. The van der Waals surface area contributed by atoms with Gasteiger partial charge in [-0.1, -0.05) is 24.3 Å². The molecule has 2 aromatic carbocycles. The molecule has 0 aliphatic carbocycles. The summed E-state index contributed by atoms with van der Waals surface area (Å²) >= 11 is 0. The first-order valence-electron chi connectivity index (χ1n) is 8.01. The molecule has 26 heavy (non-hydrogen) atoms. The van der Waals surface area contributed by atoms with Gasteiger partial charge in [0.1, 0.15) is 11.5 Å². The van der Waals surface area contributed by atoms with Crippen molar-refractivity contribution in [3.05, 3.63) is 65.4 Å². The van der Waals surface area contributed by atoms with Crippen LogP contribution in [0.2, 0.25) is 0 Å². The fraction of sp³-hybridized carbons (Fsp3) is 0.200. The van der Waals surface area contributed by atoms with E-state index in [2.05, 4.69) is 0 Å². The van der Waals surface area contributed by atoms with Crippen LogP contribution in [0.1, 0.15) is 22.8 Å². The van der Waals surface area contributed by atoms with E-state index < -0.39 is 5.97 Å². The van der Waals surface area contributed by atoms with E-state index in [9.17, 15) is 9.59 Å². The van der Waals surface area contributed by atoms with E-state index in [1.807, 2.05) is 0 Å². The van der Waals surface area contributed by atoms with Crippen molar-refractivity contribution in [1.29, 1.82) is 0 Å². The molecule has 2 rings (SSSR count). The Balaban J connectivity index is 2.07. The van der Waals surface area contributed by atoms with E-state index in [0.29, 0.717) is 22.6 Å². The van der Waals surface area contributed by atoms with Gasteiger partial charge >= 0.3 is 5.97 Å². The van der Waals surface area contributed by atoms with Crippen LogP contribution in [0.25, 0.3) is 6.08 Å². The average Bonchev–Trinajstić information content (AvgIpc) is 2.66. The maximum Gasteiger partial charge on any atom is 0.371 e. The summed E-state index contributed by atoms with van der Waals surface area (Å²) in [5.74, 6) is -0.440. The summed E-state index contributed by atoms with van der Waals surface area (Å²) in [7, 11) is 1.53. The van der Waals surface area contributed by atoms with Gasteiger partial charge in [-0.3, -0.25) is 4.79 Å². The Hall–Kier alpha value is -3.28. The van der Waals surface area contributed by atoms with Crippen LogP contribution in [-0.4, -0.2) is 37.2 Å². The van der Waals surface area contributed by atoms with Crippen molar-refractivity contribution in [2.24, 2.45) is 0 Å². The maximum atomic E-state index is 12.2. The molecule has 0 unspecified atom stereocenters. The first kappa shape index (κ1) is 19.1. The van der Waals surface area contributed by atoms with E-state index in [4.69, 9.17) is 19.3 Å². The molecule has 0 heterocycles. The standard InChI is InChI=1S/C20H20O6/c1-3-25-19(20(22)23)11-14-6-4-9-17(10-14)26-13-18(21)15-7-5-8-16(12-15)24-2/h4-12H,3,13H2,1-2H3,(H,22,23)/b19-11-. The largest absolute Gasteiger partial charge is 0.497 e. The van der Waals surface area contributed by atoms with E-state index in [1.54, 1.807) is 55.5 Å². The van der Waals surface area contributed by atoms with Gasteiger partial charge in [0, 0.05) is 5.56 Å². The maximum absolute atomic E-state index is 12.2. The van der Waals surface area contributed by atoms with Gasteiger partial charge in [0.2, 0.25) is 5.76 Å². The van der Waals surface area contributed by atoms with Gasteiger partial charge in [0.15, 0.2) is 12.4 Å². The number of methoxy groups -OCH3 is 1. The third-order valence-corrected chi connectivity index (χ3v) is 3.43. The first-order valence-corrected chi connectivity index (χ1v) is 8.01. The molecule has 0 bridgehead atoms. The number of carbonyl (C=O) groups excluding carboxylic acids is 1. The number of rotatable bonds is 9. The zero-order valence-corrected chi connectivity index (χ0v) is 14.6. The molecule has 0 aliphatic rings. The molecule has 2 aromatic rings. The van der Waals surface area contributed by atoms with Crippen molar-refractivity contribution in [1.82, 2.24) is 0 Å². The lowest BCUT2D eigenvalue weighted by atomic mass is 10.1. The molecule has 0 saturated carbocycles. The molecular formula is C20H20O6. The molecule has 136 valence electrons. The molecule has 6 heteroatoms. The highest BCUT2D eigenvalue weighted by molar-refractivity contribution is 5.97. The Morgan fingerprint density at radius 2 is 1.81 bits per heavy atom. The summed E-state index contributed by atoms with van der Waals surface area (Å²) in [5.41, 5.74) is 1.09. The number of ketones is 1. The lowest BCUT2D eigenvalue weighted by Gasteiger charge is -2.08. The van der Waals surface area contributed by atoms with Crippen molar-refractivity contribution in [3.63, 3.8) is 0 Å². The third-order valence-electron chi connectivity index (χ3n) is 3.43. The minimum Gasteiger partial charge on any atom is -0.497 e. The van der Waals surface area contributed by atoms with E-state index >= 15 is 0 Å². The number of aliphatic carboxylic acids is 1. The second kappa shape index (κ2) is 9.27. The summed E-state index contributed by atoms with van der Waals surface area (Å²) in [6.45, 7) is 1.82. The number of carbonyl (C=O) groups is 2. The van der Waals surface area contributed by atoms with Crippen LogP contribution in [0.3, 0.4) is 0 Å². The molecule has 0 aliphatic heterocycles. The predicted octanol–water partition coefficient (Wildman–Crippen LogP) is 3.42. The fourth-order valence-corrected chi connectivity index (χ4v) is 2.19. The van der Waals surface area contributed by atoms with Gasteiger partial charge in [-0.2, -0.15) is 0 Å². The number of ether oxygens (including phenoxy) is 3. The molecule has 6 nitrogen and oxygen atoms in total. The smallest absolute Gasteiger partial charge is 0.371 e. The van der Waals surface area contributed by atoms with Crippen LogP contribution in [0.15, 0.2) is 54.3 Å². The molecule has 0 aromatic heterocycles. The summed E-state index contributed by atoms with van der Waals surface area (Å²) in [6, 6.07) is 13.6. The molecule has 0 radical (unpaired) electrons. The minimum atomic E-state index is -1.15. The number of hydrogen-bond donors (Lipinski definition) is 1. The molecule has 0 amide bonds. The Bertz CT molecular complexity index is 809. The summed E-state index contributed by atoms with van der Waals surface area (Å²) < 4.78 is 15.7. The van der Waals surface area contributed by atoms with Crippen molar-refractivity contribution in [2.45, 2.75) is 6.92 Å². The summed E-state index contributed by atoms with van der Waals surface area (Å²) in [4.78, 5) is 23.4. The van der Waals surface area contributed by atoms with E-state index in [1.165, 1.54) is 13.2 Å². The fourth-order valence-electron chi connectivity index (χ4n) is 2.19. The van der Waals surface area contributed by atoms with E-state index in [-0.39, 0.29) is 24.8 Å². The zero-order valence-electron chi connectivity index (χ0n) is 14.6. The summed E-state index contributed by atoms with van der Waals surface area (Å²) in [6.07, 6.45) is 1.41. The Morgan fingerprint density at radius 1 is 1.08 bits per heavy atom. The normalized spacial score (nSPS) is 10.9. The van der Waals surface area contributed by atoms with Crippen LogP contribution in [-0.2, 0) is 9.53 Å². The van der Waals surface area contributed by atoms with Crippen LogP contribution < -0.4 is 9.47 Å². The second-order valence-corrected chi connectivity index (χ2v) is 5.26. The average molecular weight is 356 g/mol. The number of carboxylic acids is 1. The third kappa shape index (κ3) is 5.37. The number of Topliss-reactive ketones (excluding diaryl/α,β-unsaturated/α-hetero) is 1. The lowest BCUT2D eigenvalue weighted by Crippen LogP contribution is -2.11. The molecule has 0 fully saturated rings. The summed E-state index contributed by atoms with van der Waals surface area (Å²) in [5, 5.41) is 9.10. The highest BCUT2D eigenvalue weighted by atomic mass is 16.5. The molecular weight excluding hydrogens is 336 g/mol. The molecule has 1 N–H and O–H groups in total. The monoisotopic (exact) mass is 356 g/mol. The van der Waals surface area contributed by atoms with Gasteiger partial charge < -0.3 is 19.3 Å². The van der Waals surface area contributed by atoms with Crippen molar-refractivity contribution >= 4 is 17.8 Å². The van der Waals surface area contributed by atoms with Crippen molar-refractivity contribution in [2.75, 3.05) is 20.3 Å². The van der Waals surface area contributed by atoms with Gasteiger partial charge in [-0.25, -0.2) is 4.79 Å². The van der Waals surface area contributed by atoms with Gasteiger partial charge in [0.25, 0.3) is 0 Å². The first-order chi connectivity index (χ1) is 12.5. The van der Waals surface area contributed by atoms with E-state index in [0.717, 1.165) is 0 Å². The van der Waals surface area contributed by atoms with Crippen LogP contribution in [0.5, 0.6) is 11.5 Å².